The predicted octanol–water partition coefficient (Wildman–Crippen LogP) is 2.56. The zero-order chi connectivity index (χ0) is 14.4. The van der Waals surface area contributed by atoms with Crippen molar-refractivity contribution in [1.82, 2.24) is 9.80 Å². The minimum absolute atomic E-state index is 0.111. The van der Waals surface area contributed by atoms with Crippen LogP contribution in [0.5, 0.6) is 0 Å². The molecule has 0 aromatic heterocycles. The molecule has 1 N–H and O–H groups in total. The summed E-state index contributed by atoms with van der Waals surface area (Å²) in [5.41, 5.74) is 0. The zero-order valence-corrected chi connectivity index (χ0v) is 12.3. The minimum atomic E-state index is -0.886. The van der Waals surface area contributed by atoms with Crippen molar-refractivity contribution in [1.29, 1.82) is 0 Å². The molecular formula is C14H26N2O3. The van der Waals surface area contributed by atoms with Crippen molar-refractivity contribution in [2.75, 3.05) is 13.1 Å². The molecule has 1 atom stereocenters. The van der Waals surface area contributed by atoms with Gasteiger partial charge >= 0.3 is 12.0 Å². The Kier molecular flexibility index (Phi) is 6.12. The Morgan fingerprint density at radius 1 is 1.37 bits per heavy atom. The predicted molar refractivity (Wildman–Crippen MR) is 74.1 cm³/mol. The number of carbonyl (C=O) groups excluding carboxylic acids is 1. The van der Waals surface area contributed by atoms with Crippen molar-refractivity contribution in [3.63, 3.8) is 0 Å². The van der Waals surface area contributed by atoms with Crippen LogP contribution in [0, 0.1) is 0 Å². The lowest BCUT2D eigenvalue weighted by Gasteiger charge is -2.33. The van der Waals surface area contributed by atoms with E-state index in [-0.39, 0.29) is 12.1 Å². The third-order valence-corrected chi connectivity index (χ3v) is 3.66. The van der Waals surface area contributed by atoms with Crippen molar-refractivity contribution in [3.8, 4) is 0 Å². The fourth-order valence-corrected chi connectivity index (χ4v) is 2.52. The second kappa shape index (κ2) is 7.36. The summed E-state index contributed by atoms with van der Waals surface area (Å²) in [4.78, 5) is 27.0. The fraction of sp³-hybridized carbons (Fsp3) is 0.857. The first-order valence-corrected chi connectivity index (χ1v) is 7.29. The third-order valence-electron chi connectivity index (χ3n) is 3.66. The maximum absolute atomic E-state index is 12.5. The molecule has 1 saturated heterocycles. The van der Waals surface area contributed by atoms with Gasteiger partial charge in [-0.15, -0.1) is 0 Å². The van der Waals surface area contributed by atoms with Gasteiger partial charge in [-0.1, -0.05) is 19.8 Å². The summed E-state index contributed by atoms with van der Waals surface area (Å²) in [6.07, 6.45) is 4.54. The summed E-state index contributed by atoms with van der Waals surface area (Å²) in [5, 5.41) is 9.15. The zero-order valence-electron chi connectivity index (χ0n) is 12.3. The molecule has 0 aromatic carbocycles. The Labute approximate surface area is 115 Å². The molecule has 0 saturated carbocycles. The van der Waals surface area contributed by atoms with Gasteiger partial charge < -0.3 is 14.9 Å². The molecule has 0 unspecified atom stereocenters. The Hall–Kier alpha value is -1.26. The summed E-state index contributed by atoms with van der Waals surface area (Å²) >= 11 is 0. The number of carboxylic acids is 1. The van der Waals surface area contributed by atoms with E-state index in [1.165, 1.54) is 4.90 Å². The van der Waals surface area contributed by atoms with Gasteiger partial charge in [-0.25, -0.2) is 9.59 Å². The van der Waals surface area contributed by atoms with E-state index >= 15 is 0 Å². The van der Waals surface area contributed by atoms with Gasteiger partial charge in [0.05, 0.1) is 0 Å². The molecule has 0 spiro atoms. The quantitative estimate of drug-likeness (QED) is 0.754. The highest BCUT2D eigenvalue weighted by Crippen LogP contribution is 2.20. The van der Waals surface area contributed by atoms with E-state index in [1.807, 2.05) is 13.8 Å². The van der Waals surface area contributed by atoms with Gasteiger partial charge in [-0.05, 0) is 33.1 Å². The molecule has 1 rings (SSSR count). The minimum Gasteiger partial charge on any atom is -0.480 e. The maximum atomic E-state index is 12.5. The van der Waals surface area contributed by atoms with Crippen molar-refractivity contribution in [2.45, 2.75) is 65.0 Å². The van der Waals surface area contributed by atoms with E-state index in [2.05, 4.69) is 6.92 Å². The highest BCUT2D eigenvalue weighted by molar-refractivity contribution is 5.83. The van der Waals surface area contributed by atoms with Gasteiger partial charge in [0.1, 0.15) is 6.04 Å². The van der Waals surface area contributed by atoms with Crippen LogP contribution in [0.15, 0.2) is 0 Å². The van der Waals surface area contributed by atoms with Crippen LogP contribution >= 0.6 is 0 Å². The molecule has 1 fully saturated rings. The lowest BCUT2D eigenvalue weighted by Crippen LogP contribution is -2.50. The lowest BCUT2D eigenvalue weighted by molar-refractivity contribution is -0.141. The molecule has 1 aliphatic heterocycles. The largest absolute Gasteiger partial charge is 0.480 e. The second-order valence-electron chi connectivity index (χ2n) is 5.47. The topological polar surface area (TPSA) is 60.9 Å². The summed E-state index contributed by atoms with van der Waals surface area (Å²) < 4.78 is 0. The summed E-state index contributed by atoms with van der Waals surface area (Å²) in [6.45, 7) is 7.37. The molecule has 110 valence electrons. The number of likely N-dealkylation sites (tertiary alicyclic amines) is 1. The van der Waals surface area contributed by atoms with Gasteiger partial charge in [-0.3, -0.25) is 0 Å². The smallest absolute Gasteiger partial charge is 0.326 e. The number of hydrogen-bond donors (Lipinski definition) is 1. The highest BCUT2D eigenvalue weighted by Gasteiger charge is 2.36. The fourth-order valence-electron chi connectivity index (χ4n) is 2.52. The van der Waals surface area contributed by atoms with Gasteiger partial charge in [0, 0.05) is 19.1 Å². The molecule has 0 radical (unpaired) electrons. The number of hydrogen-bond acceptors (Lipinski definition) is 2. The van der Waals surface area contributed by atoms with Gasteiger partial charge in [0.25, 0.3) is 0 Å². The molecule has 0 aromatic rings. The van der Waals surface area contributed by atoms with Crippen LogP contribution in [0.1, 0.15) is 52.9 Å². The first-order valence-electron chi connectivity index (χ1n) is 7.29. The van der Waals surface area contributed by atoms with Crippen LogP contribution in [0.3, 0.4) is 0 Å². The number of carboxylic acid groups (broad SMARTS) is 1. The molecule has 5 heteroatoms. The SMILES string of the molecule is CCCCCN(C(=O)N1CCC[C@H]1C(=O)O)C(C)C. The Morgan fingerprint density at radius 2 is 2.05 bits per heavy atom. The molecule has 5 nitrogen and oxygen atoms in total. The Bertz CT molecular complexity index is 318. The monoisotopic (exact) mass is 270 g/mol. The second-order valence-corrected chi connectivity index (χ2v) is 5.47. The molecule has 19 heavy (non-hydrogen) atoms. The molecule has 0 bridgehead atoms. The van der Waals surface area contributed by atoms with Gasteiger partial charge in [0.2, 0.25) is 0 Å². The van der Waals surface area contributed by atoms with Crippen molar-refractivity contribution >= 4 is 12.0 Å². The van der Waals surface area contributed by atoms with Crippen LogP contribution in [-0.2, 0) is 4.79 Å². The number of aliphatic carboxylic acids is 1. The van der Waals surface area contributed by atoms with E-state index < -0.39 is 12.0 Å². The number of carbonyl (C=O) groups is 2. The van der Waals surface area contributed by atoms with E-state index in [1.54, 1.807) is 4.90 Å². The van der Waals surface area contributed by atoms with Crippen molar-refractivity contribution in [2.24, 2.45) is 0 Å². The van der Waals surface area contributed by atoms with Crippen LogP contribution in [0.25, 0.3) is 0 Å². The first kappa shape index (κ1) is 15.8. The summed E-state index contributed by atoms with van der Waals surface area (Å²) in [5.74, 6) is -0.886. The highest BCUT2D eigenvalue weighted by atomic mass is 16.4. The number of rotatable bonds is 6. The standard InChI is InChI=1S/C14H26N2O3/c1-4-5-6-9-15(11(2)3)14(19)16-10-7-8-12(16)13(17)18/h11-12H,4-10H2,1-3H3,(H,17,18)/t12-/m0/s1. The summed E-state index contributed by atoms with van der Waals surface area (Å²) in [6, 6.07) is -0.643. The average molecular weight is 270 g/mol. The number of urea groups is 1. The molecule has 2 amide bonds. The van der Waals surface area contributed by atoms with Crippen LogP contribution in [-0.4, -0.2) is 52.1 Å². The van der Waals surface area contributed by atoms with E-state index in [4.69, 9.17) is 5.11 Å². The molecule has 0 aliphatic carbocycles. The number of unbranched alkanes of at least 4 members (excludes halogenated alkanes) is 2. The van der Waals surface area contributed by atoms with E-state index in [9.17, 15) is 9.59 Å². The number of nitrogens with zero attached hydrogens (tertiary/aromatic N) is 2. The van der Waals surface area contributed by atoms with E-state index in [0.29, 0.717) is 19.5 Å². The number of amides is 2. The third kappa shape index (κ3) is 4.11. The van der Waals surface area contributed by atoms with Crippen molar-refractivity contribution in [3.05, 3.63) is 0 Å². The van der Waals surface area contributed by atoms with Crippen LogP contribution in [0.4, 0.5) is 4.79 Å². The maximum Gasteiger partial charge on any atom is 0.326 e. The van der Waals surface area contributed by atoms with Gasteiger partial charge in [0.15, 0.2) is 0 Å². The molecule has 1 heterocycles. The normalized spacial score (nSPS) is 18.9. The van der Waals surface area contributed by atoms with Crippen molar-refractivity contribution < 1.29 is 14.7 Å². The Morgan fingerprint density at radius 3 is 2.58 bits per heavy atom. The lowest BCUT2D eigenvalue weighted by atomic mass is 10.2. The van der Waals surface area contributed by atoms with Crippen LogP contribution in [0.2, 0.25) is 0 Å². The van der Waals surface area contributed by atoms with Gasteiger partial charge in [-0.2, -0.15) is 0 Å². The van der Waals surface area contributed by atoms with E-state index in [0.717, 1.165) is 25.7 Å². The van der Waals surface area contributed by atoms with Crippen LogP contribution < -0.4 is 0 Å². The summed E-state index contributed by atoms with van der Waals surface area (Å²) in [7, 11) is 0. The average Bonchev–Trinajstić information content (AvgIpc) is 2.82. The molecular weight excluding hydrogens is 244 g/mol. The first-order chi connectivity index (χ1) is 8.99. The molecule has 1 aliphatic rings. The Balaban J connectivity index is 2.67.